The fourth-order valence-corrected chi connectivity index (χ4v) is 2.28. The van der Waals surface area contributed by atoms with Crippen LogP contribution in [0.5, 0.6) is 0 Å². The molecule has 0 saturated heterocycles. The van der Waals surface area contributed by atoms with Crippen molar-refractivity contribution in [2.75, 3.05) is 5.32 Å². The van der Waals surface area contributed by atoms with Crippen molar-refractivity contribution in [1.82, 2.24) is 0 Å². The highest BCUT2D eigenvalue weighted by Crippen LogP contribution is 2.33. The monoisotopic (exact) mass is 431 g/mol. The van der Waals surface area contributed by atoms with Gasteiger partial charge in [-0.15, -0.1) is 0 Å². The Kier molecular flexibility index (Phi) is 7.55. The van der Waals surface area contributed by atoms with Gasteiger partial charge in [-0.3, -0.25) is 9.59 Å². The molecule has 144 valence electrons. The summed E-state index contributed by atoms with van der Waals surface area (Å²) < 4.78 is 18.1. The zero-order chi connectivity index (χ0) is 20.1. The average molecular weight is 432 g/mol. The van der Waals surface area contributed by atoms with Crippen molar-refractivity contribution in [2.24, 2.45) is 17.4 Å². The lowest BCUT2D eigenvalue weighted by Gasteiger charge is -2.16. The van der Waals surface area contributed by atoms with Crippen molar-refractivity contribution < 1.29 is 23.5 Å². The average Bonchev–Trinajstić information content (AvgIpc) is 3.23. The number of nitrogens with one attached hydrogen (secondary N) is 1. The number of halogens is 2. The molecule has 1 fully saturated rings. The second kappa shape index (κ2) is 8.98. The number of hydrogen-bond acceptors (Lipinski definition) is 4. The van der Waals surface area contributed by atoms with Gasteiger partial charge < -0.3 is 21.5 Å². The fourth-order valence-electron chi connectivity index (χ4n) is 1.94. The predicted molar refractivity (Wildman–Crippen MR) is 99.0 cm³/mol. The summed E-state index contributed by atoms with van der Waals surface area (Å²) in [5.41, 5.74) is 9.63. The molecule has 0 spiro atoms. The van der Waals surface area contributed by atoms with Crippen molar-refractivity contribution in [3.05, 3.63) is 28.0 Å². The first-order valence-corrected chi connectivity index (χ1v) is 8.75. The van der Waals surface area contributed by atoms with E-state index >= 15 is 0 Å². The van der Waals surface area contributed by atoms with Crippen LogP contribution in [0.2, 0.25) is 0 Å². The number of ether oxygens (including phenoxy) is 1. The Morgan fingerprint density at radius 3 is 2.23 bits per heavy atom. The normalized spacial score (nSPS) is 13.3. The molecule has 1 aliphatic rings. The summed E-state index contributed by atoms with van der Waals surface area (Å²) in [6.07, 6.45) is 1.82. The number of carbonyl (C=O) groups excluding carboxylic acids is 3. The van der Waals surface area contributed by atoms with Gasteiger partial charge in [0.25, 0.3) is 5.91 Å². The molecule has 7 nitrogen and oxygen atoms in total. The number of nitrogens with two attached hydrogens (primary N) is 2. The number of amides is 3. The highest BCUT2D eigenvalue weighted by Gasteiger charge is 2.25. The molecule has 0 atom stereocenters. The molecular formula is C17H23BrFN3O4. The van der Waals surface area contributed by atoms with Gasteiger partial charge in [-0.25, -0.2) is 9.18 Å². The summed E-state index contributed by atoms with van der Waals surface area (Å²) in [5.74, 6) is -1.11. The summed E-state index contributed by atoms with van der Waals surface area (Å²) in [4.78, 5) is 32.9. The van der Waals surface area contributed by atoms with E-state index < -0.39 is 23.4 Å². The lowest BCUT2D eigenvalue weighted by molar-refractivity contribution is -0.116. The number of primary amides is 2. The zero-order valence-corrected chi connectivity index (χ0v) is 16.5. The van der Waals surface area contributed by atoms with Gasteiger partial charge in [-0.05, 0) is 67.6 Å². The maximum atomic E-state index is 13.3. The van der Waals surface area contributed by atoms with Crippen LogP contribution in [0.3, 0.4) is 0 Å². The molecule has 1 saturated carbocycles. The van der Waals surface area contributed by atoms with Crippen LogP contribution in [0.4, 0.5) is 14.9 Å². The summed E-state index contributed by atoms with van der Waals surface area (Å²) >= 11 is 3.00. The van der Waals surface area contributed by atoms with Gasteiger partial charge in [0.15, 0.2) is 0 Å². The van der Waals surface area contributed by atoms with E-state index in [-0.39, 0.29) is 21.6 Å². The molecule has 0 aliphatic heterocycles. The SMILES string of the molecule is CC(C)(C)OC(N)=O.NC(=O)c1cc(F)c(Br)cc1NC(=O)CC1CC1. The highest BCUT2D eigenvalue weighted by atomic mass is 79.9. The summed E-state index contributed by atoms with van der Waals surface area (Å²) in [6.45, 7) is 5.28. The van der Waals surface area contributed by atoms with Crippen LogP contribution >= 0.6 is 15.9 Å². The van der Waals surface area contributed by atoms with Gasteiger partial charge in [0.1, 0.15) is 11.4 Å². The number of hydrogen-bond donors (Lipinski definition) is 3. The largest absolute Gasteiger partial charge is 0.444 e. The van der Waals surface area contributed by atoms with Gasteiger partial charge in [-0.1, -0.05) is 0 Å². The molecule has 3 amide bonds. The molecule has 0 radical (unpaired) electrons. The van der Waals surface area contributed by atoms with E-state index in [9.17, 15) is 18.8 Å². The van der Waals surface area contributed by atoms with E-state index in [0.717, 1.165) is 18.9 Å². The van der Waals surface area contributed by atoms with E-state index in [2.05, 4.69) is 26.0 Å². The van der Waals surface area contributed by atoms with Gasteiger partial charge in [0.2, 0.25) is 5.91 Å². The maximum Gasteiger partial charge on any atom is 0.405 e. The summed E-state index contributed by atoms with van der Waals surface area (Å²) in [5, 5.41) is 2.59. The van der Waals surface area contributed by atoms with Crippen molar-refractivity contribution in [1.29, 1.82) is 0 Å². The Morgan fingerprint density at radius 1 is 1.27 bits per heavy atom. The first-order valence-electron chi connectivity index (χ1n) is 7.96. The van der Waals surface area contributed by atoms with Gasteiger partial charge >= 0.3 is 6.09 Å². The summed E-state index contributed by atoms with van der Waals surface area (Å²) in [7, 11) is 0. The topological polar surface area (TPSA) is 125 Å². The minimum atomic E-state index is -0.775. The zero-order valence-electron chi connectivity index (χ0n) is 14.9. The number of anilines is 1. The highest BCUT2D eigenvalue weighted by molar-refractivity contribution is 9.10. The van der Waals surface area contributed by atoms with Crippen LogP contribution in [0.25, 0.3) is 0 Å². The second-order valence-electron chi connectivity index (χ2n) is 6.91. The summed E-state index contributed by atoms with van der Waals surface area (Å²) in [6, 6.07) is 2.36. The molecular weight excluding hydrogens is 409 g/mol. The quantitative estimate of drug-likeness (QED) is 0.675. The Hall–Kier alpha value is -2.16. The predicted octanol–water partition coefficient (Wildman–Crippen LogP) is 3.31. The molecule has 1 aromatic carbocycles. The molecule has 0 unspecified atom stereocenters. The first-order chi connectivity index (χ1) is 11.9. The number of rotatable bonds is 4. The number of benzene rings is 1. The Morgan fingerprint density at radius 2 is 1.85 bits per heavy atom. The van der Waals surface area contributed by atoms with Crippen molar-refractivity contribution >= 4 is 39.5 Å². The standard InChI is InChI=1S/C12H12BrFN2O2.C5H11NO2/c13-8-5-10(7(12(15)18)4-9(8)14)16-11(17)3-6-1-2-6;1-5(2,3)8-4(6)7/h4-6H,1-3H2,(H2,15,18)(H,16,17);1-3H3,(H2,6,7). The number of carbonyl (C=O) groups is 3. The molecule has 0 heterocycles. The molecule has 5 N–H and O–H groups in total. The van der Waals surface area contributed by atoms with E-state index in [4.69, 9.17) is 11.5 Å². The van der Waals surface area contributed by atoms with Crippen LogP contribution < -0.4 is 16.8 Å². The third-order valence-corrected chi connectivity index (χ3v) is 3.79. The van der Waals surface area contributed by atoms with Crippen molar-refractivity contribution in [2.45, 2.75) is 45.6 Å². The van der Waals surface area contributed by atoms with Crippen molar-refractivity contribution in [3.8, 4) is 0 Å². The Bertz CT molecular complexity index is 700. The van der Waals surface area contributed by atoms with Crippen LogP contribution in [-0.4, -0.2) is 23.5 Å². The van der Waals surface area contributed by atoms with E-state index in [1.807, 2.05) is 0 Å². The molecule has 1 aliphatic carbocycles. The third kappa shape index (κ3) is 8.28. The van der Waals surface area contributed by atoms with E-state index in [1.54, 1.807) is 20.8 Å². The minimum absolute atomic E-state index is 0.0279. The van der Waals surface area contributed by atoms with E-state index in [1.165, 1.54) is 6.07 Å². The van der Waals surface area contributed by atoms with Crippen LogP contribution in [0.1, 0.15) is 50.4 Å². The van der Waals surface area contributed by atoms with Gasteiger partial charge in [-0.2, -0.15) is 0 Å². The molecule has 9 heteroatoms. The van der Waals surface area contributed by atoms with Crippen molar-refractivity contribution in [3.63, 3.8) is 0 Å². The fraction of sp³-hybridized carbons (Fsp3) is 0.471. The molecule has 2 rings (SSSR count). The second-order valence-corrected chi connectivity index (χ2v) is 7.76. The Labute approximate surface area is 159 Å². The van der Waals surface area contributed by atoms with Gasteiger partial charge in [0, 0.05) is 6.42 Å². The maximum absolute atomic E-state index is 13.3. The molecule has 0 bridgehead atoms. The Balaban J connectivity index is 0.000000359. The van der Waals surface area contributed by atoms with Crippen LogP contribution in [0.15, 0.2) is 16.6 Å². The van der Waals surface area contributed by atoms with Crippen LogP contribution in [0, 0.1) is 11.7 Å². The third-order valence-electron chi connectivity index (χ3n) is 3.18. The molecule has 26 heavy (non-hydrogen) atoms. The molecule has 0 aromatic heterocycles. The lowest BCUT2D eigenvalue weighted by atomic mass is 10.1. The van der Waals surface area contributed by atoms with Crippen LogP contribution in [-0.2, 0) is 9.53 Å². The van der Waals surface area contributed by atoms with E-state index in [0.29, 0.717) is 12.3 Å². The molecule has 1 aromatic rings. The first kappa shape index (κ1) is 21.9. The van der Waals surface area contributed by atoms with Gasteiger partial charge in [0.05, 0.1) is 15.7 Å². The lowest BCUT2D eigenvalue weighted by Crippen LogP contribution is -2.27. The smallest absolute Gasteiger partial charge is 0.405 e. The minimum Gasteiger partial charge on any atom is -0.444 e.